The van der Waals surface area contributed by atoms with Gasteiger partial charge in [0.15, 0.2) is 0 Å². The lowest BCUT2D eigenvalue weighted by atomic mass is 9.94. The van der Waals surface area contributed by atoms with Crippen molar-refractivity contribution < 1.29 is 4.79 Å². The number of nitrogen functional groups attached to an aromatic ring is 1. The molecule has 148 valence electrons. The molecule has 0 bridgehead atoms. The van der Waals surface area contributed by atoms with E-state index >= 15 is 0 Å². The fourth-order valence-electron chi connectivity index (χ4n) is 3.94. The van der Waals surface area contributed by atoms with Crippen LogP contribution >= 0.6 is 0 Å². The van der Waals surface area contributed by atoms with Crippen molar-refractivity contribution in [1.29, 1.82) is 0 Å². The van der Waals surface area contributed by atoms with E-state index in [0.29, 0.717) is 11.4 Å². The summed E-state index contributed by atoms with van der Waals surface area (Å²) in [5.41, 5.74) is 12.1. The van der Waals surface area contributed by atoms with E-state index in [9.17, 15) is 4.79 Å². The Balaban J connectivity index is 1.45. The third kappa shape index (κ3) is 3.33. The zero-order valence-electron chi connectivity index (χ0n) is 16.3. The van der Waals surface area contributed by atoms with Crippen molar-refractivity contribution in [3.63, 3.8) is 0 Å². The van der Waals surface area contributed by atoms with Gasteiger partial charge in [0.1, 0.15) is 0 Å². The Labute approximate surface area is 174 Å². The Morgan fingerprint density at radius 3 is 2.70 bits per heavy atom. The minimum Gasteiger partial charge on any atom is -0.375 e. The second-order valence-corrected chi connectivity index (χ2v) is 7.42. The number of nitrogens with one attached hydrogen (secondary N) is 2. The fraction of sp³-hybridized carbons (Fsp3) is 0.125. The van der Waals surface area contributed by atoms with Crippen LogP contribution in [0.15, 0.2) is 73.1 Å². The molecule has 3 heterocycles. The summed E-state index contributed by atoms with van der Waals surface area (Å²) in [6, 6.07) is 19.6. The van der Waals surface area contributed by atoms with E-state index in [1.54, 1.807) is 12.4 Å². The van der Waals surface area contributed by atoms with Crippen LogP contribution in [0.5, 0.6) is 0 Å². The number of fused-ring (bicyclic) bond motifs is 1. The smallest absolute Gasteiger partial charge is 0.220 e. The number of hydrogen-bond donors (Lipinski definition) is 3. The third-order valence-electron chi connectivity index (χ3n) is 5.48. The van der Waals surface area contributed by atoms with Crippen molar-refractivity contribution in [2.75, 3.05) is 11.1 Å². The molecule has 1 atom stereocenters. The molecule has 0 aliphatic carbocycles. The number of hydrogen-bond acceptors (Lipinski definition) is 5. The number of rotatable bonds is 4. The molecule has 1 aliphatic rings. The first-order valence-electron chi connectivity index (χ1n) is 9.94. The molecule has 0 amide bonds. The van der Waals surface area contributed by atoms with Gasteiger partial charge in [0.05, 0.1) is 17.4 Å². The molecule has 0 radical (unpaired) electrons. The van der Waals surface area contributed by atoms with Gasteiger partial charge in [-0.15, -0.1) is 0 Å². The molecular weight excluding hydrogens is 374 g/mol. The van der Waals surface area contributed by atoms with Crippen LogP contribution in [0.25, 0.3) is 22.4 Å². The second kappa shape index (κ2) is 7.48. The summed E-state index contributed by atoms with van der Waals surface area (Å²) in [5.74, 6) is 0.239. The van der Waals surface area contributed by atoms with E-state index in [-0.39, 0.29) is 17.8 Å². The Morgan fingerprint density at radius 2 is 1.83 bits per heavy atom. The zero-order valence-corrected chi connectivity index (χ0v) is 16.3. The Kier molecular flexibility index (Phi) is 4.52. The molecule has 6 nitrogen and oxygen atoms in total. The van der Waals surface area contributed by atoms with E-state index in [4.69, 9.17) is 5.73 Å². The molecule has 4 aromatic rings. The van der Waals surface area contributed by atoms with Crippen molar-refractivity contribution in [3.05, 3.63) is 84.3 Å². The highest BCUT2D eigenvalue weighted by Crippen LogP contribution is 2.32. The minimum absolute atomic E-state index is 0.0408. The van der Waals surface area contributed by atoms with Gasteiger partial charge in [-0.2, -0.15) is 0 Å². The number of nitrogens with two attached hydrogens (primary N) is 1. The molecule has 2 aromatic heterocycles. The van der Waals surface area contributed by atoms with Crippen LogP contribution < -0.4 is 11.1 Å². The summed E-state index contributed by atoms with van der Waals surface area (Å²) in [5, 5.41) is 3.38. The fourth-order valence-corrected chi connectivity index (χ4v) is 3.94. The maximum atomic E-state index is 13.1. The summed E-state index contributed by atoms with van der Waals surface area (Å²) in [6.07, 6.45) is 5.17. The SMILES string of the molecule is Nc1ncc(-c2ccccc2)c(-c2c[nH]c(C(=O)C3CCc4ccccc4N3)c2)n1. The number of Topliss-reactive ketones (excluding diaryl/α,β-unsaturated/α-hetero) is 1. The van der Waals surface area contributed by atoms with Crippen molar-refractivity contribution in [1.82, 2.24) is 15.0 Å². The van der Waals surface area contributed by atoms with Crippen LogP contribution in [0.1, 0.15) is 22.5 Å². The van der Waals surface area contributed by atoms with E-state index in [0.717, 1.165) is 35.2 Å². The number of carbonyl (C=O) groups is 1. The van der Waals surface area contributed by atoms with Crippen molar-refractivity contribution >= 4 is 17.4 Å². The quantitative estimate of drug-likeness (QED) is 0.447. The standard InChI is InChI=1S/C24H21N5O/c25-24-27-14-18(15-6-2-1-3-7-15)22(29-24)17-12-21(26-13-17)23(30)20-11-10-16-8-4-5-9-19(16)28-20/h1-9,12-14,20,26,28H,10-11H2,(H2,25,27,29). The predicted octanol–water partition coefficient (Wildman–Crippen LogP) is 4.33. The third-order valence-corrected chi connectivity index (χ3v) is 5.48. The average molecular weight is 395 g/mol. The largest absolute Gasteiger partial charge is 0.375 e. The topological polar surface area (TPSA) is 96.7 Å². The van der Waals surface area contributed by atoms with Gasteiger partial charge < -0.3 is 16.0 Å². The monoisotopic (exact) mass is 395 g/mol. The highest BCUT2D eigenvalue weighted by atomic mass is 16.1. The molecule has 5 rings (SSSR count). The summed E-state index contributed by atoms with van der Waals surface area (Å²) < 4.78 is 0. The van der Waals surface area contributed by atoms with Gasteiger partial charge in [-0.3, -0.25) is 4.79 Å². The lowest BCUT2D eigenvalue weighted by Crippen LogP contribution is -2.33. The van der Waals surface area contributed by atoms with Gasteiger partial charge in [0.25, 0.3) is 0 Å². The van der Waals surface area contributed by atoms with Gasteiger partial charge in [-0.1, -0.05) is 48.5 Å². The minimum atomic E-state index is -0.254. The molecule has 2 aromatic carbocycles. The Morgan fingerprint density at radius 1 is 1.03 bits per heavy atom. The van der Waals surface area contributed by atoms with E-state index in [1.807, 2.05) is 54.6 Å². The highest BCUT2D eigenvalue weighted by Gasteiger charge is 2.26. The van der Waals surface area contributed by atoms with Crippen LogP contribution in [0.2, 0.25) is 0 Å². The molecule has 1 aliphatic heterocycles. The molecule has 0 saturated heterocycles. The van der Waals surface area contributed by atoms with Crippen LogP contribution in [0, 0.1) is 0 Å². The number of nitrogens with zero attached hydrogens (tertiary/aromatic N) is 2. The molecule has 1 unspecified atom stereocenters. The maximum Gasteiger partial charge on any atom is 0.220 e. The summed E-state index contributed by atoms with van der Waals surface area (Å²) in [7, 11) is 0. The van der Waals surface area contributed by atoms with Crippen molar-refractivity contribution in [3.8, 4) is 22.4 Å². The van der Waals surface area contributed by atoms with Gasteiger partial charge >= 0.3 is 0 Å². The summed E-state index contributed by atoms with van der Waals surface area (Å²) in [6.45, 7) is 0. The molecule has 4 N–H and O–H groups in total. The maximum absolute atomic E-state index is 13.1. The number of anilines is 2. The number of aromatic nitrogens is 3. The first-order chi connectivity index (χ1) is 14.7. The second-order valence-electron chi connectivity index (χ2n) is 7.42. The first kappa shape index (κ1) is 18.1. The van der Waals surface area contributed by atoms with Crippen LogP contribution in [0.3, 0.4) is 0 Å². The number of para-hydroxylation sites is 1. The molecule has 0 spiro atoms. The lowest BCUT2D eigenvalue weighted by molar-refractivity contribution is 0.0960. The number of ketones is 1. The normalized spacial score (nSPS) is 15.3. The average Bonchev–Trinajstić information content (AvgIpc) is 3.29. The van der Waals surface area contributed by atoms with Gasteiger partial charge in [0.2, 0.25) is 11.7 Å². The molecule has 30 heavy (non-hydrogen) atoms. The van der Waals surface area contributed by atoms with E-state index in [2.05, 4.69) is 26.3 Å². The van der Waals surface area contributed by atoms with E-state index in [1.165, 1.54) is 5.56 Å². The first-order valence-corrected chi connectivity index (χ1v) is 9.94. The van der Waals surface area contributed by atoms with Gasteiger partial charge in [-0.05, 0) is 36.1 Å². The number of aromatic amines is 1. The van der Waals surface area contributed by atoms with Gasteiger partial charge in [-0.25, -0.2) is 9.97 Å². The lowest BCUT2D eigenvalue weighted by Gasteiger charge is -2.25. The molecular formula is C24H21N5O. The number of H-pyrrole nitrogens is 1. The number of aryl methyl sites for hydroxylation is 1. The molecule has 6 heteroatoms. The van der Waals surface area contributed by atoms with Crippen LogP contribution in [-0.2, 0) is 6.42 Å². The number of benzene rings is 2. The van der Waals surface area contributed by atoms with Crippen LogP contribution in [0.4, 0.5) is 11.6 Å². The van der Waals surface area contributed by atoms with Gasteiger partial charge in [0, 0.05) is 29.2 Å². The van der Waals surface area contributed by atoms with E-state index < -0.39 is 0 Å². The highest BCUT2D eigenvalue weighted by molar-refractivity contribution is 6.02. The predicted molar refractivity (Wildman–Crippen MR) is 118 cm³/mol. The van der Waals surface area contributed by atoms with Crippen LogP contribution in [-0.4, -0.2) is 26.8 Å². The summed E-state index contributed by atoms with van der Waals surface area (Å²) in [4.78, 5) is 24.9. The zero-order chi connectivity index (χ0) is 20.5. The van der Waals surface area contributed by atoms with Crippen molar-refractivity contribution in [2.45, 2.75) is 18.9 Å². The number of carbonyl (C=O) groups excluding carboxylic acids is 1. The Hall–Kier alpha value is -3.93. The molecule has 0 saturated carbocycles. The Bertz CT molecular complexity index is 1220. The summed E-state index contributed by atoms with van der Waals surface area (Å²) >= 11 is 0. The molecule has 0 fully saturated rings. The van der Waals surface area contributed by atoms with Crippen molar-refractivity contribution in [2.24, 2.45) is 0 Å².